The molecule has 1 N–H and O–H groups in total. The highest BCUT2D eigenvalue weighted by molar-refractivity contribution is 7.14. The first-order valence-corrected chi connectivity index (χ1v) is 6.59. The number of thiophene rings is 1. The second kappa shape index (κ2) is 5.51. The van der Waals surface area contributed by atoms with Crippen molar-refractivity contribution in [3.63, 3.8) is 0 Å². The van der Waals surface area contributed by atoms with E-state index in [1.165, 1.54) is 11.3 Å². The normalized spacial score (nSPS) is 19.5. The third kappa shape index (κ3) is 2.98. The lowest BCUT2D eigenvalue weighted by molar-refractivity contribution is 0.0697. The molecule has 1 aliphatic rings. The molecular formula is C12H16O4S. The van der Waals surface area contributed by atoms with Gasteiger partial charge in [-0.3, -0.25) is 0 Å². The molecule has 2 rings (SSSR count). The van der Waals surface area contributed by atoms with E-state index in [1.54, 1.807) is 0 Å². The molecule has 4 nitrogen and oxygen atoms in total. The van der Waals surface area contributed by atoms with Crippen LogP contribution in [-0.2, 0) is 11.2 Å². The largest absolute Gasteiger partial charge is 0.491 e. The topological polar surface area (TPSA) is 55.8 Å². The van der Waals surface area contributed by atoms with Crippen molar-refractivity contribution >= 4 is 17.3 Å². The van der Waals surface area contributed by atoms with Crippen molar-refractivity contribution in [2.75, 3.05) is 19.8 Å². The minimum atomic E-state index is -0.910. The van der Waals surface area contributed by atoms with Gasteiger partial charge in [0.25, 0.3) is 0 Å². The molecule has 5 heteroatoms. The molecule has 1 aliphatic heterocycles. The Kier molecular flexibility index (Phi) is 4.02. The minimum Gasteiger partial charge on any atom is -0.491 e. The summed E-state index contributed by atoms with van der Waals surface area (Å²) in [4.78, 5) is 12.4. The summed E-state index contributed by atoms with van der Waals surface area (Å²) in [6.45, 7) is 4.04. The van der Waals surface area contributed by atoms with Crippen molar-refractivity contribution in [2.24, 2.45) is 5.92 Å². The van der Waals surface area contributed by atoms with Crippen LogP contribution >= 0.6 is 11.3 Å². The van der Waals surface area contributed by atoms with Crippen LogP contribution in [0.5, 0.6) is 5.75 Å². The average Bonchev–Trinajstić information content (AvgIpc) is 2.95. The van der Waals surface area contributed by atoms with E-state index in [4.69, 9.17) is 14.6 Å². The van der Waals surface area contributed by atoms with Gasteiger partial charge in [0.15, 0.2) is 4.88 Å². The molecule has 1 unspecified atom stereocenters. The van der Waals surface area contributed by atoms with E-state index in [0.717, 1.165) is 24.3 Å². The molecule has 0 radical (unpaired) electrons. The van der Waals surface area contributed by atoms with Crippen molar-refractivity contribution in [2.45, 2.75) is 19.8 Å². The summed E-state index contributed by atoms with van der Waals surface area (Å²) >= 11 is 1.29. The summed E-state index contributed by atoms with van der Waals surface area (Å²) in [6.07, 6.45) is 1.83. The van der Waals surface area contributed by atoms with Crippen molar-refractivity contribution in [1.29, 1.82) is 0 Å². The summed E-state index contributed by atoms with van der Waals surface area (Å²) in [7, 11) is 0. The molecule has 2 heterocycles. The fourth-order valence-corrected chi connectivity index (χ4v) is 2.65. The third-order valence-corrected chi connectivity index (χ3v) is 4.04. The Hall–Kier alpha value is -1.07. The summed E-state index contributed by atoms with van der Waals surface area (Å²) in [5.74, 6) is -0.0137. The van der Waals surface area contributed by atoms with Crippen LogP contribution in [0.4, 0.5) is 0 Å². The average molecular weight is 256 g/mol. The van der Waals surface area contributed by atoms with Gasteiger partial charge in [-0.2, -0.15) is 0 Å². The number of carboxylic acids is 1. The van der Waals surface area contributed by atoms with Gasteiger partial charge in [-0.15, -0.1) is 11.3 Å². The Morgan fingerprint density at radius 2 is 2.53 bits per heavy atom. The van der Waals surface area contributed by atoms with Crippen LogP contribution in [-0.4, -0.2) is 30.9 Å². The molecule has 0 amide bonds. The Balaban J connectivity index is 2.02. The lowest BCUT2D eigenvalue weighted by atomic mass is 10.1. The monoisotopic (exact) mass is 256 g/mol. The standard InChI is InChI=1S/C12H16O4S/c1-2-9-5-10(11(17-9)12(13)14)16-7-8-3-4-15-6-8/h5,8H,2-4,6-7H2,1H3,(H,13,14). The highest BCUT2D eigenvalue weighted by Gasteiger charge is 2.20. The van der Waals surface area contributed by atoms with E-state index in [0.29, 0.717) is 29.8 Å². The van der Waals surface area contributed by atoms with E-state index in [2.05, 4.69) is 0 Å². The van der Waals surface area contributed by atoms with E-state index in [1.807, 2.05) is 13.0 Å². The molecule has 17 heavy (non-hydrogen) atoms. The van der Waals surface area contributed by atoms with Gasteiger partial charge in [0, 0.05) is 17.4 Å². The van der Waals surface area contributed by atoms with E-state index in [9.17, 15) is 4.79 Å². The van der Waals surface area contributed by atoms with Crippen LogP contribution in [0.25, 0.3) is 0 Å². The molecule has 0 aromatic carbocycles. The Morgan fingerprint density at radius 3 is 3.12 bits per heavy atom. The highest BCUT2D eigenvalue weighted by Crippen LogP contribution is 2.30. The Labute approximate surface area is 104 Å². The van der Waals surface area contributed by atoms with Crippen molar-refractivity contribution in [3.8, 4) is 5.75 Å². The first kappa shape index (κ1) is 12.4. The van der Waals surface area contributed by atoms with Gasteiger partial charge < -0.3 is 14.6 Å². The van der Waals surface area contributed by atoms with Crippen LogP contribution in [0.2, 0.25) is 0 Å². The molecular weight excluding hydrogens is 240 g/mol. The zero-order valence-electron chi connectivity index (χ0n) is 9.77. The second-order valence-electron chi connectivity index (χ2n) is 4.11. The van der Waals surface area contributed by atoms with E-state index >= 15 is 0 Å². The van der Waals surface area contributed by atoms with Crippen LogP contribution in [0, 0.1) is 5.92 Å². The van der Waals surface area contributed by atoms with E-state index in [-0.39, 0.29) is 0 Å². The van der Waals surface area contributed by atoms with Crippen LogP contribution in [0.3, 0.4) is 0 Å². The molecule has 1 saturated heterocycles. The molecule has 94 valence electrons. The van der Waals surface area contributed by atoms with Gasteiger partial charge >= 0.3 is 5.97 Å². The van der Waals surface area contributed by atoms with Gasteiger partial charge in [0.2, 0.25) is 0 Å². The predicted molar refractivity (Wildman–Crippen MR) is 65.1 cm³/mol. The van der Waals surface area contributed by atoms with Crippen LogP contribution in [0.15, 0.2) is 6.07 Å². The molecule has 1 aromatic rings. The zero-order valence-corrected chi connectivity index (χ0v) is 10.6. The fourth-order valence-electron chi connectivity index (χ4n) is 1.78. The van der Waals surface area contributed by atoms with Crippen molar-refractivity contribution in [1.82, 2.24) is 0 Å². The number of rotatable bonds is 5. The number of carboxylic acid groups (broad SMARTS) is 1. The first-order valence-electron chi connectivity index (χ1n) is 5.77. The molecule has 1 aromatic heterocycles. The number of aromatic carboxylic acids is 1. The molecule has 0 aliphatic carbocycles. The Morgan fingerprint density at radius 1 is 1.71 bits per heavy atom. The smallest absolute Gasteiger partial charge is 0.349 e. The summed E-state index contributed by atoms with van der Waals surface area (Å²) < 4.78 is 10.9. The molecule has 0 saturated carbocycles. The molecule has 1 fully saturated rings. The maximum atomic E-state index is 11.1. The lowest BCUT2D eigenvalue weighted by Gasteiger charge is -2.09. The van der Waals surface area contributed by atoms with Gasteiger partial charge in [0.1, 0.15) is 5.75 Å². The Bertz CT molecular complexity index is 393. The van der Waals surface area contributed by atoms with Gasteiger partial charge in [0.05, 0.1) is 13.2 Å². The summed E-state index contributed by atoms with van der Waals surface area (Å²) in [5, 5.41) is 9.07. The molecule has 0 spiro atoms. The minimum absolute atomic E-state index is 0.306. The first-order chi connectivity index (χ1) is 8.20. The SMILES string of the molecule is CCc1cc(OCC2CCOC2)c(C(=O)O)s1. The number of carbonyl (C=O) groups is 1. The number of aryl methyl sites for hydroxylation is 1. The van der Waals surface area contributed by atoms with Crippen molar-refractivity contribution < 1.29 is 19.4 Å². The molecule has 0 bridgehead atoms. The maximum Gasteiger partial charge on any atom is 0.349 e. The maximum absolute atomic E-state index is 11.1. The van der Waals surface area contributed by atoms with Gasteiger partial charge in [-0.1, -0.05) is 6.92 Å². The second-order valence-corrected chi connectivity index (χ2v) is 5.24. The number of hydrogen-bond acceptors (Lipinski definition) is 4. The van der Waals surface area contributed by atoms with Crippen LogP contribution in [0.1, 0.15) is 27.9 Å². The van der Waals surface area contributed by atoms with Crippen molar-refractivity contribution in [3.05, 3.63) is 15.8 Å². The fraction of sp³-hybridized carbons (Fsp3) is 0.583. The van der Waals surface area contributed by atoms with E-state index < -0.39 is 5.97 Å². The van der Waals surface area contributed by atoms with Crippen LogP contribution < -0.4 is 4.74 Å². The summed E-state index contributed by atoms with van der Waals surface area (Å²) in [5.41, 5.74) is 0. The predicted octanol–water partition coefficient (Wildman–Crippen LogP) is 2.42. The quantitative estimate of drug-likeness (QED) is 0.879. The number of ether oxygens (including phenoxy) is 2. The lowest BCUT2D eigenvalue weighted by Crippen LogP contribution is -2.12. The third-order valence-electron chi connectivity index (χ3n) is 2.79. The number of hydrogen-bond donors (Lipinski definition) is 1. The molecule has 1 atom stereocenters. The zero-order chi connectivity index (χ0) is 12.3. The van der Waals surface area contributed by atoms with Gasteiger partial charge in [-0.05, 0) is 18.9 Å². The highest BCUT2D eigenvalue weighted by atomic mass is 32.1. The summed E-state index contributed by atoms with van der Waals surface area (Å²) in [6, 6.07) is 1.84. The van der Waals surface area contributed by atoms with Gasteiger partial charge in [-0.25, -0.2) is 4.79 Å².